The molecule has 1 saturated heterocycles. The normalized spacial score (nSPS) is 17.5. The molecule has 0 atom stereocenters. The molecule has 1 N–H and O–H groups in total. The molecule has 0 spiro atoms. The quantitative estimate of drug-likeness (QED) is 0.831. The maximum Gasteiger partial charge on any atom is 0.251 e. The van der Waals surface area contributed by atoms with Crippen molar-refractivity contribution in [1.29, 1.82) is 0 Å². The summed E-state index contributed by atoms with van der Waals surface area (Å²) in [6.45, 7) is 5.25. The van der Waals surface area contributed by atoms with Crippen LogP contribution in [0.4, 0.5) is 0 Å². The zero-order valence-electron chi connectivity index (χ0n) is 12.3. The standard InChI is InChI=1S/C15H19ClN2O4/c16-12-8-11(9-13-14(12)22-10-21-13)15(19)17-2-1-3-18-4-6-20-7-5-18/h8-9H,1-7,10H2,(H,17,19). The van der Waals surface area contributed by atoms with Gasteiger partial charge in [0.15, 0.2) is 11.5 Å². The van der Waals surface area contributed by atoms with Gasteiger partial charge in [0.05, 0.1) is 18.2 Å². The van der Waals surface area contributed by atoms with E-state index in [9.17, 15) is 4.79 Å². The summed E-state index contributed by atoms with van der Waals surface area (Å²) in [4.78, 5) is 14.5. The zero-order chi connectivity index (χ0) is 15.4. The SMILES string of the molecule is O=C(NCCCN1CCOCC1)c1cc(Cl)c2c(c1)OCO2. The highest BCUT2D eigenvalue weighted by Crippen LogP contribution is 2.39. The number of amides is 1. The Hall–Kier alpha value is -1.50. The Morgan fingerprint density at radius 1 is 1.27 bits per heavy atom. The molecule has 1 aromatic rings. The number of benzene rings is 1. The predicted molar refractivity (Wildman–Crippen MR) is 81.8 cm³/mol. The van der Waals surface area contributed by atoms with Crippen LogP contribution in [-0.2, 0) is 4.74 Å². The van der Waals surface area contributed by atoms with Gasteiger partial charge < -0.3 is 19.5 Å². The molecule has 6 nitrogen and oxygen atoms in total. The lowest BCUT2D eigenvalue weighted by Gasteiger charge is -2.26. The highest BCUT2D eigenvalue weighted by molar-refractivity contribution is 6.32. The molecule has 2 aliphatic rings. The first kappa shape index (κ1) is 15.4. The minimum absolute atomic E-state index is 0.139. The van der Waals surface area contributed by atoms with Crippen LogP contribution in [-0.4, -0.2) is 57.0 Å². The second-order valence-electron chi connectivity index (χ2n) is 5.26. The summed E-state index contributed by atoms with van der Waals surface area (Å²) in [5.74, 6) is 0.874. The molecule has 2 heterocycles. The van der Waals surface area contributed by atoms with Crippen LogP contribution in [0, 0.1) is 0 Å². The van der Waals surface area contributed by atoms with E-state index in [4.69, 9.17) is 25.8 Å². The van der Waals surface area contributed by atoms with Crippen molar-refractivity contribution in [3.8, 4) is 11.5 Å². The van der Waals surface area contributed by atoms with E-state index in [-0.39, 0.29) is 12.7 Å². The van der Waals surface area contributed by atoms with Crippen molar-refractivity contribution < 1.29 is 19.0 Å². The summed E-state index contributed by atoms with van der Waals surface area (Å²) in [6.07, 6.45) is 0.907. The number of ether oxygens (including phenoxy) is 3. The van der Waals surface area contributed by atoms with Crippen molar-refractivity contribution in [1.82, 2.24) is 10.2 Å². The Kier molecular flexibility index (Phi) is 5.02. The number of carbonyl (C=O) groups is 1. The summed E-state index contributed by atoms with van der Waals surface area (Å²) in [6, 6.07) is 3.26. The molecule has 3 rings (SSSR count). The molecule has 0 bridgehead atoms. The van der Waals surface area contributed by atoms with Crippen molar-refractivity contribution in [3.63, 3.8) is 0 Å². The first-order valence-electron chi connectivity index (χ1n) is 7.41. The molecule has 120 valence electrons. The van der Waals surface area contributed by atoms with Crippen molar-refractivity contribution in [2.24, 2.45) is 0 Å². The van der Waals surface area contributed by atoms with Gasteiger partial charge in [0, 0.05) is 25.2 Å². The second-order valence-corrected chi connectivity index (χ2v) is 5.66. The van der Waals surface area contributed by atoms with Gasteiger partial charge in [-0.25, -0.2) is 0 Å². The van der Waals surface area contributed by atoms with Crippen LogP contribution in [0.5, 0.6) is 11.5 Å². The zero-order valence-corrected chi connectivity index (χ0v) is 13.0. The lowest BCUT2D eigenvalue weighted by Crippen LogP contribution is -2.38. The van der Waals surface area contributed by atoms with Crippen LogP contribution < -0.4 is 14.8 Å². The van der Waals surface area contributed by atoms with Crippen LogP contribution in [0.15, 0.2) is 12.1 Å². The number of morpholine rings is 1. The number of carbonyl (C=O) groups excluding carboxylic acids is 1. The van der Waals surface area contributed by atoms with E-state index in [1.54, 1.807) is 12.1 Å². The van der Waals surface area contributed by atoms with Gasteiger partial charge >= 0.3 is 0 Å². The topological polar surface area (TPSA) is 60.0 Å². The van der Waals surface area contributed by atoms with Crippen LogP contribution in [0.3, 0.4) is 0 Å². The number of fused-ring (bicyclic) bond motifs is 1. The van der Waals surface area contributed by atoms with Crippen molar-refractivity contribution in [2.45, 2.75) is 6.42 Å². The maximum absolute atomic E-state index is 12.1. The summed E-state index contributed by atoms with van der Waals surface area (Å²) in [7, 11) is 0. The highest BCUT2D eigenvalue weighted by atomic mass is 35.5. The van der Waals surface area contributed by atoms with Gasteiger partial charge in [-0.05, 0) is 25.1 Å². The van der Waals surface area contributed by atoms with Gasteiger partial charge in [-0.3, -0.25) is 9.69 Å². The van der Waals surface area contributed by atoms with E-state index in [0.717, 1.165) is 39.3 Å². The number of nitrogens with one attached hydrogen (secondary N) is 1. The van der Waals surface area contributed by atoms with E-state index in [0.29, 0.717) is 28.6 Å². The van der Waals surface area contributed by atoms with Crippen LogP contribution >= 0.6 is 11.6 Å². The maximum atomic E-state index is 12.1. The summed E-state index contributed by atoms with van der Waals surface area (Å²) in [5.41, 5.74) is 0.487. The van der Waals surface area contributed by atoms with E-state index in [1.165, 1.54) is 0 Å². The van der Waals surface area contributed by atoms with Gasteiger partial charge in [0.1, 0.15) is 0 Å². The minimum atomic E-state index is -0.151. The fourth-order valence-corrected chi connectivity index (χ4v) is 2.80. The van der Waals surface area contributed by atoms with Crippen molar-refractivity contribution >= 4 is 17.5 Å². The first-order valence-corrected chi connectivity index (χ1v) is 7.79. The van der Waals surface area contributed by atoms with E-state index >= 15 is 0 Å². The summed E-state index contributed by atoms with van der Waals surface area (Å²) < 4.78 is 15.8. The van der Waals surface area contributed by atoms with Gasteiger partial charge in [0.2, 0.25) is 6.79 Å². The highest BCUT2D eigenvalue weighted by Gasteiger charge is 2.20. The second kappa shape index (κ2) is 7.17. The number of rotatable bonds is 5. The number of hydrogen-bond acceptors (Lipinski definition) is 5. The Labute approximate surface area is 134 Å². The number of hydrogen-bond donors (Lipinski definition) is 1. The Morgan fingerprint density at radius 3 is 2.91 bits per heavy atom. The van der Waals surface area contributed by atoms with Crippen LogP contribution in [0.2, 0.25) is 5.02 Å². The largest absolute Gasteiger partial charge is 0.454 e. The van der Waals surface area contributed by atoms with Gasteiger partial charge in [-0.1, -0.05) is 11.6 Å². The molecule has 0 aromatic heterocycles. The van der Waals surface area contributed by atoms with E-state index in [2.05, 4.69) is 10.2 Å². The molecule has 1 aromatic carbocycles. The Bertz CT molecular complexity index is 547. The average Bonchev–Trinajstić information content (AvgIpc) is 3.01. The molecule has 0 unspecified atom stereocenters. The average molecular weight is 327 g/mol. The lowest BCUT2D eigenvalue weighted by molar-refractivity contribution is 0.0374. The molecular formula is C15H19ClN2O4. The molecule has 1 amide bonds. The molecule has 0 saturated carbocycles. The van der Waals surface area contributed by atoms with E-state index < -0.39 is 0 Å². The van der Waals surface area contributed by atoms with Crippen molar-refractivity contribution in [3.05, 3.63) is 22.7 Å². The smallest absolute Gasteiger partial charge is 0.251 e. The monoisotopic (exact) mass is 326 g/mol. The third kappa shape index (κ3) is 3.63. The number of nitrogens with zero attached hydrogens (tertiary/aromatic N) is 1. The minimum Gasteiger partial charge on any atom is -0.454 e. The van der Waals surface area contributed by atoms with Gasteiger partial charge in [-0.2, -0.15) is 0 Å². The Balaban J connectivity index is 1.47. The molecule has 1 fully saturated rings. The van der Waals surface area contributed by atoms with E-state index in [1.807, 2.05) is 0 Å². The van der Waals surface area contributed by atoms with Crippen LogP contribution in [0.1, 0.15) is 16.8 Å². The fourth-order valence-electron chi connectivity index (χ4n) is 2.53. The molecule has 7 heteroatoms. The molecular weight excluding hydrogens is 308 g/mol. The Morgan fingerprint density at radius 2 is 2.09 bits per heavy atom. The van der Waals surface area contributed by atoms with Crippen LogP contribution in [0.25, 0.3) is 0 Å². The fraction of sp³-hybridized carbons (Fsp3) is 0.533. The first-order chi connectivity index (χ1) is 10.7. The lowest BCUT2D eigenvalue weighted by atomic mass is 10.2. The summed E-state index contributed by atoms with van der Waals surface area (Å²) in [5, 5.41) is 3.30. The third-order valence-electron chi connectivity index (χ3n) is 3.73. The van der Waals surface area contributed by atoms with Gasteiger partial charge in [-0.15, -0.1) is 0 Å². The summed E-state index contributed by atoms with van der Waals surface area (Å²) >= 11 is 6.08. The number of halogens is 1. The van der Waals surface area contributed by atoms with Crippen molar-refractivity contribution in [2.75, 3.05) is 46.2 Å². The van der Waals surface area contributed by atoms with Gasteiger partial charge in [0.25, 0.3) is 5.91 Å². The molecule has 2 aliphatic heterocycles. The predicted octanol–water partition coefficient (Wildman–Crippen LogP) is 1.52. The molecule has 0 radical (unpaired) electrons. The molecule has 0 aliphatic carbocycles. The molecule has 22 heavy (non-hydrogen) atoms. The third-order valence-corrected chi connectivity index (χ3v) is 4.01.